The molecular formula is C31H38N6O5. The summed E-state index contributed by atoms with van der Waals surface area (Å²) >= 11 is 0. The molecule has 0 aliphatic carbocycles. The number of amides is 2. The molecule has 42 heavy (non-hydrogen) atoms. The van der Waals surface area contributed by atoms with Crippen molar-refractivity contribution in [2.75, 3.05) is 44.2 Å². The second kappa shape index (κ2) is 10.1. The minimum Gasteiger partial charge on any atom is -0.479 e. The molecule has 3 aliphatic rings. The number of rotatable bonds is 6. The van der Waals surface area contributed by atoms with E-state index in [1.165, 1.54) is 5.56 Å². The van der Waals surface area contributed by atoms with Crippen LogP contribution in [-0.4, -0.2) is 97.3 Å². The van der Waals surface area contributed by atoms with Crippen LogP contribution >= 0.6 is 0 Å². The zero-order valence-corrected chi connectivity index (χ0v) is 24.4. The first-order valence-corrected chi connectivity index (χ1v) is 14.6. The summed E-state index contributed by atoms with van der Waals surface area (Å²) in [6.45, 7) is 9.19. The van der Waals surface area contributed by atoms with E-state index in [2.05, 4.69) is 52.2 Å². The molecule has 1 unspecified atom stereocenters. The first-order chi connectivity index (χ1) is 19.9. The number of hydrogen-bond acceptors (Lipinski definition) is 7. The minimum atomic E-state index is -2.10. The molecule has 3 aromatic rings. The van der Waals surface area contributed by atoms with Crippen LogP contribution in [0.3, 0.4) is 0 Å². The fourth-order valence-corrected chi connectivity index (χ4v) is 6.87. The van der Waals surface area contributed by atoms with Gasteiger partial charge in [-0.25, -0.2) is 14.3 Å². The third-order valence-corrected chi connectivity index (χ3v) is 9.58. The van der Waals surface area contributed by atoms with E-state index in [0.29, 0.717) is 31.8 Å². The van der Waals surface area contributed by atoms with Crippen LogP contribution in [0.4, 0.5) is 5.69 Å². The number of aliphatic carboxylic acids is 1. The Hall–Kier alpha value is -3.99. The maximum absolute atomic E-state index is 13.5. The van der Waals surface area contributed by atoms with Crippen LogP contribution in [0.25, 0.3) is 5.65 Å². The predicted molar refractivity (Wildman–Crippen MR) is 155 cm³/mol. The van der Waals surface area contributed by atoms with Gasteiger partial charge in [0.15, 0.2) is 11.2 Å². The van der Waals surface area contributed by atoms with Crippen molar-refractivity contribution >= 4 is 29.1 Å². The summed E-state index contributed by atoms with van der Waals surface area (Å²) in [6.07, 6.45) is 3.99. The lowest BCUT2D eigenvalue weighted by atomic mass is 9.82. The van der Waals surface area contributed by atoms with Gasteiger partial charge in [0, 0.05) is 50.1 Å². The van der Waals surface area contributed by atoms with E-state index in [1.54, 1.807) is 14.3 Å². The van der Waals surface area contributed by atoms with Gasteiger partial charge in [0.25, 0.3) is 5.91 Å². The molecule has 1 aromatic carbocycles. The summed E-state index contributed by atoms with van der Waals surface area (Å²) in [4.78, 5) is 47.8. The summed E-state index contributed by atoms with van der Waals surface area (Å²) in [5.74, 6) is -1.88. The lowest BCUT2D eigenvalue weighted by molar-refractivity contribution is -0.161. The number of nitrogens with zero attached hydrogens (tertiary/aromatic N) is 6. The number of carboxylic acid groups (broad SMARTS) is 1. The third-order valence-electron chi connectivity index (χ3n) is 9.58. The van der Waals surface area contributed by atoms with Crippen molar-refractivity contribution in [1.29, 1.82) is 0 Å². The number of hydrogen-bond donors (Lipinski definition) is 2. The lowest BCUT2D eigenvalue weighted by Gasteiger charge is -2.26. The van der Waals surface area contributed by atoms with Crippen molar-refractivity contribution in [2.45, 2.75) is 57.5 Å². The van der Waals surface area contributed by atoms with Gasteiger partial charge < -0.3 is 24.9 Å². The maximum atomic E-state index is 13.5. The van der Waals surface area contributed by atoms with Crippen molar-refractivity contribution < 1.29 is 24.6 Å². The van der Waals surface area contributed by atoms with Crippen molar-refractivity contribution in [3.05, 3.63) is 59.5 Å². The molecule has 3 aliphatic heterocycles. The standard InChI is InChI=1S/C31H38N6O5/c1-21-15-23(34-12-9-29(2,18-34)22-7-5-4-6-8-22)17-37-26(21)32-25(33-37)27(39)36-14-11-31(20-36)10-13-35(19-31)24(38)16-30(3,42)28(40)41/h4-8,15,17,42H,9-14,16,18-20H2,1-3H3,(H,40,41)/t29-,30?,31+/m0/s1. The molecule has 5 heterocycles. The van der Waals surface area contributed by atoms with Gasteiger partial charge in [0.05, 0.1) is 18.3 Å². The average molecular weight is 575 g/mol. The molecule has 0 saturated carbocycles. The van der Waals surface area contributed by atoms with Gasteiger partial charge in [-0.15, -0.1) is 5.10 Å². The second-order valence-electron chi connectivity index (χ2n) is 13.0. The fraction of sp³-hybridized carbons (Fsp3) is 0.516. The fourth-order valence-electron chi connectivity index (χ4n) is 6.87. The molecule has 3 fully saturated rings. The van der Waals surface area contributed by atoms with Gasteiger partial charge in [-0.1, -0.05) is 37.3 Å². The Morgan fingerprint density at radius 1 is 1.00 bits per heavy atom. The smallest absolute Gasteiger partial charge is 0.335 e. The van der Waals surface area contributed by atoms with E-state index >= 15 is 0 Å². The van der Waals surface area contributed by atoms with Crippen LogP contribution in [0.15, 0.2) is 42.6 Å². The summed E-state index contributed by atoms with van der Waals surface area (Å²) in [7, 11) is 0. The van der Waals surface area contributed by atoms with E-state index in [9.17, 15) is 19.5 Å². The van der Waals surface area contributed by atoms with Gasteiger partial charge in [-0.3, -0.25) is 9.59 Å². The number of carbonyl (C=O) groups is 3. The molecule has 2 amide bonds. The Morgan fingerprint density at radius 2 is 1.69 bits per heavy atom. The summed E-state index contributed by atoms with van der Waals surface area (Å²) < 4.78 is 1.71. The van der Waals surface area contributed by atoms with Crippen molar-refractivity contribution in [3.63, 3.8) is 0 Å². The molecule has 0 bridgehead atoms. The molecular weight excluding hydrogens is 536 g/mol. The molecule has 11 heteroatoms. The molecule has 11 nitrogen and oxygen atoms in total. The molecule has 3 atom stereocenters. The summed E-state index contributed by atoms with van der Waals surface area (Å²) in [6, 6.07) is 12.7. The largest absolute Gasteiger partial charge is 0.479 e. The monoisotopic (exact) mass is 574 g/mol. The Bertz CT molecular complexity index is 1550. The molecule has 222 valence electrons. The lowest BCUT2D eigenvalue weighted by Crippen LogP contribution is -2.42. The van der Waals surface area contributed by atoms with E-state index in [-0.39, 0.29) is 28.5 Å². The second-order valence-corrected chi connectivity index (χ2v) is 13.0. The van der Waals surface area contributed by atoms with Crippen molar-refractivity contribution in [3.8, 4) is 0 Å². The Balaban J connectivity index is 1.14. The number of likely N-dealkylation sites (tertiary alicyclic amines) is 2. The highest BCUT2D eigenvalue weighted by Gasteiger charge is 2.47. The van der Waals surface area contributed by atoms with Gasteiger partial charge >= 0.3 is 5.97 Å². The molecule has 2 aromatic heterocycles. The number of aryl methyl sites for hydroxylation is 1. The zero-order valence-electron chi connectivity index (χ0n) is 24.4. The first kappa shape index (κ1) is 28.1. The van der Waals surface area contributed by atoms with Crippen LogP contribution < -0.4 is 4.90 Å². The number of pyridine rings is 1. The molecule has 3 saturated heterocycles. The molecule has 6 rings (SSSR count). The van der Waals surface area contributed by atoms with E-state index in [1.807, 2.05) is 19.2 Å². The summed E-state index contributed by atoms with van der Waals surface area (Å²) in [5, 5.41) is 23.8. The number of fused-ring (bicyclic) bond motifs is 1. The van der Waals surface area contributed by atoms with Gasteiger partial charge in [0.1, 0.15) is 0 Å². The van der Waals surface area contributed by atoms with Gasteiger partial charge in [-0.05, 0) is 50.3 Å². The highest BCUT2D eigenvalue weighted by Crippen LogP contribution is 2.41. The SMILES string of the molecule is Cc1cc(N2CC[C@](C)(c3ccccc3)C2)cn2nc(C(=O)N3CC[C@@]4(CCN(C(=O)CC(C)(O)C(=O)O)C4)C3)nc12. The minimum absolute atomic E-state index is 0.0633. The van der Waals surface area contributed by atoms with E-state index < -0.39 is 18.0 Å². The Morgan fingerprint density at radius 3 is 2.40 bits per heavy atom. The normalized spacial score (nSPS) is 25.5. The topological polar surface area (TPSA) is 132 Å². The number of anilines is 1. The Kier molecular flexibility index (Phi) is 6.75. The van der Waals surface area contributed by atoms with Crippen LogP contribution in [-0.2, 0) is 15.0 Å². The predicted octanol–water partition coefficient (Wildman–Crippen LogP) is 2.50. The highest BCUT2D eigenvalue weighted by atomic mass is 16.4. The summed E-state index contributed by atoms with van der Waals surface area (Å²) in [5.41, 5.74) is 1.72. The number of benzene rings is 1. The highest BCUT2D eigenvalue weighted by molar-refractivity contribution is 5.91. The van der Waals surface area contributed by atoms with Gasteiger partial charge in [0.2, 0.25) is 11.7 Å². The van der Waals surface area contributed by atoms with E-state index in [0.717, 1.165) is 50.5 Å². The van der Waals surface area contributed by atoms with E-state index in [4.69, 9.17) is 5.11 Å². The molecule has 0 radical (unpaired) electrons. The quantitative estimate of drug-likeness (QED) is 0.459. The van der Waals surface area contributed by atoms with Crippen molar-refractivity contribution in [2.24, 2.45) is 5.41 Å². The third kappa shape index (κ3) is 4.99. The van der Waals surface area contributed by atoms with Crippen molar-refractivity contribution in [1.82, 2.24) is 24.4 Å². The van der Waals surface area contributed by atoms with Crippen LogP contribution in [0, 0.1) is 12.3 Å². The zero-order chi connectivity index (χ0) is 29.9. The molecule has 1 spiro atoms. The average Bonchev–Trinajstić information content (AvgIpc) is 3.75. The molecule has 2 N–H and O–H groups in total. The number of carboxylic acids is 1. The van der Waals surface area contributed by atoms with Gasteiger partial charge in [-0.2, -0.15) is 0 Å². The first-order valence-electron chi connectivity index (χ1n) is 14.6. The number of aliphatic hydroxyl groups is 1. The number of carbonyl (C=O) groups excluding carboxylic acids is 2. The van der Waals surface area contributed by atoms with Crippen LogP contribution in [0.1, 0.15) is 61.3 Å². The maximum Gasteiger partial charge on any atom is 0.335 e. The van der Waals surface area contributed by atoms with Crippen LogP contribution in [0.5, 0.6) is 0 Å². The number of aromatic nitrogens is 3. The van der Waals surface area contributed by atoms with Crippen LogP contribution in [0.2, 0.25) is 0 Å². The Labute approximate surface area is 244 Å².